The molecule has 128 valence electrons. The van der Waals surface area contributed by atoms with E-state index in [1.807, 2.05) is 16.5 Å². The minimum absolute atomic E-state index is 0.157. The van der Waals surface area contributed by atoms with Crippen molar-refractivity contribution in [3.8, 4) is 0 Å². The van der Waals surface area contributed by atoms with E-state index in [9.17, 15) is 9.59 Å². The molecule has 0 radical (unpaired) electrons. The quantitative estimate of drug-likeness (QED) is 0.718. The van der Waals surface area contributed by atoms with Crippen LogP contribution in [0.15, 0.2) is 35.3 Å². The number of H-pyrrole nitrogens is 1. The number of aromatic nitrogens is 3. The van der Waals surface area contributed by atoms with Crippen LogP contribution in [-0.4, -0.2) is 25.4 Å². The highest BCUT2D eigenvalue weighted by molar-refractivity contribution is 5.87. The van der Waals surface area contributed by atoms with E-state index < -0.39 is 5.97 Å². The molecule has 4 rings (SSSR count). The number of aromatic amines is 1. The Balaban J connectivity index is 1.95. The maximum Gasteiger partial charge on any atom is 0.328 e. The molecule has 2 N–H and O–H groups in total. The molecule has 0 bridgehead atoms. The van der Waals surface area contributed by atoms with Crippen molar-refractivity contribution in [2.75, 3.05) is 0 Å². The normalized spacial score (nSPS) is 16.2. The number of carboxylic acids is 1. The van der Waals surface area contributed by atoms with Crippen LogP contribution in [0.25, 0.3) is 22.6 Å². The number of carbonyl (C=O) groups is 1. The molecule has 0 saturated heterocycles. The molecule has 1 saturated carbocycles. The van der Waals surface area contributed by atoms with E-state index in [2.05, 4.69) is 9.97 Å². The Hall–Kier alpha value is -2.89. The number of nitrogens with one attached hydrogen (secondary N) is 1. The zero-order valence-electron chi connectivity index (χ0n) is 13.7. The number of nitrogens with zero attached hydrogens (tertiary/aromatic N) is 2. The first kappa shape index (κ1) is 15.6. The third kappa shape index (κ3) is 2.84. The lowest BCUT2D eigenvalue weighted by molar-refractivity contribution is -0.131. The van der Waals surface area contributed by atoms with Gasteiger partial charge in [0.1, 0.15) is 11.3 Å². The van der Waals surface area contributed by atoms with Gasteiger partial charge in [-0.2, -0.15) is 0 Å². The Kier molecular flexibility index (Phi) is 3.87. The molecule has 0 aliphatic heterocycles. The Morgan fingerprint density at radius 3 is 2.80 bits per heavy atom. The van der Waals surface area contributed by atoms with Gasteiger partial charge in [-0.1, -0.05) is 25.3 Å². The lowest BCUT2D eigenvalue weighted by Crippen LogP contribution is -2.14. The molecule has 3 aromatic rings. The van der Waals surface area contributed by atoms with Crippen molar-refractivity contribution >= 4 is 28.6 Å². The predicted octanol–water partition coefficient (Wildman–Crippen LogP) is 3.32. The van der Waals surface area contributed by atoms with Crippen LogP contribution in [-0.2, 0) is 4.79 Å². The van der Waals surface area contributed by atoms with Gasteiger partial charge < -0.3 is 10.1 Å². The molecule has 0 spiro atoms. The number of aliphatic carboxylic acids is 1. The van der Waals surface area contributed by atoms with Crippen LogP contribution in [0, 0.1) is 0 Å². The summed E-state index contributed by atoms with van der Waals surface area (Å²) in [5.41, 5.74) is 2.72. The lowest BCUT2D eigenvalue weighted by Gasteiger charge is -2.21. The fraction of sp³-hybridized carbons (Fsp3) is 0.316. The van der Waals surface area contributed by atoms with E-state index in [4.69, 9.17) is 5.11 Å². The second-order valence-electron chi connectivity index (χ2n) is 6.57. The van der Waals surface area contributed by atoms with Crippen LogP contribution >= 0.6 is 0 Å². The fourth-order valence-corrected chi connectivity index (χ4v) is 3.73. The van der Waals surface area contributed by atoms with Gasteiger partial charge in [0.05, 0.1) is 17.2 Å². The summed E-state index contributed by atoms with van der Waals surface area (Å²) in [6.45, 7) is 0. The maximum atomic E-state index is 12.4. The molecule has 1 fully saturated rings. The summed E-state index contributed by atoms with van der Waals surface area (Å²) in [6.07, 6.45) is 10.1. The highest BCUT2D eigenvalue weighted by Gasteiger charge is 2.21. The molecule has 0 unspecified atom stereocenters. The lowest BCUT2D eigenvalue weighted by atomic mass is 9.89. The molecule has 1 aliphatic carbocycles. The minimum Gasteiger partial charge on any atom is -0.478 e. The van der Waals surface area contributed by atoms with E-state index in [-0.39, 0.29) is 5.56 Å². The van der Waals surface area contributed by atoms with E-state index in [0.717, 1.165) is 41.3 Å². The SMILES string of the molecule is O=C(O)/C=C/c1ccc2[nH]c(=O)c3cnc(C4CCCCC4)n3c2c1. The Morgan fingerprint density at radius 1 is 1.24 bits per heavy atom. The molecule has 1 aromatic carbocycles. The number of rotatable bonds is 3. The zero-order valence-corrected chi connectivity index (χ0v) is 13.7. The van der Waals surface area contributed by atoms with Gasteiger partial charge in [-0.25, -0.2) is 9.78 Å². The second-order valence-corrected chi connectivity index (χ2v) is 6.57. The van der Waals surface area contributed by atoms with E-state index in [1.165, 1.54) is 19.3 Å². The third-order valence-corrected chi connectivity index (χ3v) is 4.92. The number of hydrogen-bond donors (Lipinski definition) is 2. The molecule has 1 aliphatic rings. The van der Waals surface area contributed by atoms with Crippen LogP contribution in [0.4, 0.5) is 0 Å². The molecule has 25 heavy (non-hydrogen) atoms. The van der Waals surface area contributed by atoms with Gasteiger partial charge in [0.15, 0.2) is 0 Å². The first-order chi connectivity index (χ1) is 12.1. The van der Waals surface area contributed by atoms with Crippen molar-refractivity contribution in [2.45, 2.75) is 38.0 Å². The fourth-order valence-electron chi connectivity index (χ4n) is 3.73. The minimum atomic E-state index is -0.989. The summed E-state index contributed by atoms with van der Waals surface area (Å²) in [6, 6.07) is 5.49. The average molecular weight is 337 g/mol. The molecule has 6 nitrogen and oxygen atoms in total. The molecule has 6 heteroatoms. The highest BCUT2D eigenvalue weighted by Crippen LogP contribution is 2.33. The summed E-state index contributed by atoms with van der Waals surface area (Å²) in [4.78, 5) is 30.6. The summed E-state index contributed by atoms with van der Waals surface area (Å²) in [5, 5.41) is 8.83. The summed E-state index contributed by atoms with van der Waals surface area (Å²) in [7, 11) is 0. The van der Waals surface area contributed by atoms with Crippen LogP contribution in [0.2, 0.25) is 0 Å². The maximum absolute atomic E-state index is 12.4. The van der Waals surface area contributed by atoms with Crippen LogP contribution in [0.5, 0.6) is 0 Å². The monoisotopic (exact) mass is 337 g/mol. The van der Waals surface area contributed by atoms with E-state index in [1.54, 1.807) is 18.3 Å². The average Bonchev–Trinajstić information content (AvgIpc) is 3.07. The summed E-state index contributed by atoms with van der Waals surface area (Å²) >= 11 is 0. The molecular weight excluding hydrogens is 318 g/mol. The van der Waals surface area contributed by atoms with Crippen LogP contribution in [0.3, 0.4) is 0 Å². The summed E-state index contributed by atoms with van der Waals surface area (Å²) < 4.78 is 1.95. The highest BCUT2D eigenvalue weighted by atomic mass is 16.4. The molecule has 2 heterocycles. The standard InChI is InChI=1S/C19H19N3O3/c23-17(24)9-7-12-6-8-14-15(10-12)22-16(19(25)21-14)11-20-18(22)13-4-2-1-3-5-13/h6-11,13H,1-5H2,(H,21,25)(H,23,24)/b9-7+. The topological polar surface area (TPSA) is 87.5 Å². The predicted molar refractivity (Wildman–Crippen MR) is 95.8 cm³/mol. The molecule has 0 amide bonds. The Labute approximate surface area is 143 Å². The van der Waals surface area contributed by atoms with Gasteiger partial charge in [-0.3, -0.25) is 9.20 Å². The number of imidazole rings is 1. The van der Waals surface area contributed by atoms with Gasteiger partial charge in [-0.05, 0) is 36.6 Å². The van der Waals surface area contributed by atoms with Gasteiger partial charge in [0.25, 0.3) is 5.56 Å². The Morgan fingerprint density at radius 2 is 2.04 bits per heavy atom. The first-order valence-electron chi connectivity index (χ1n) is 8.58. The molecule has 0 atom stereocenters. The van der Waals surface area contributed by atoms with Crippen molar-refractivity contribution in [3.05, 3.63) is 52.2 Å². The smallest absolute Gasteiger partial charge is 0.328 e. The van der Waals surface area contributed by atoms with Gasteiger partial charge >= 0.3 is 5.97 Å². The third-order valence-electron chi connectivity index (χ3n) is 4.92. The zero-order chi connectivity index (χ0) is 17.4. The van der Waals surface area contributed by atoms with Gasteiger partial charge in [0.2, 0.25) is 0 Å². The van der Waals surface area contributed by atoms with Crippen molar-refractivity contribution < 1.29 is 9.90 Å². The summed E-state index contributed by atoms with van der Waals surface area (Å²) in [5.74, 6) is 0.307. The van der Waals surface area contributed by atoms with E-state index in [0.29, 0.717) is 11.4 Å². The van der Waals surface area contributed by atoms with Crippen molar-refractivity contribution in [1.29, 1.82) is 0 Å². The number of carboxylic acid groups (broad SMARTS) is 1. The Bertz CT molecular complexity index is 1040. The van der Waals surface area contributed by atoms with Gasteiger partial charge in [0, 0.05) is 12.0 Å². The van der Waals surface area contributed by atoms with Crippen molar-refractivity contribution in [1.82, 2.24) is 14.4 Å². The molecular formula is C19H19N3O3. The first-order valence-corrected chi connectivity index (χ1v) is 8.58. The van der Waals surface area contributed by atoms with Gasteiger partial charge in [-0.15, -0.1) is 0 Å². The van der Waals surface area contributed by atoms with E-state index >= 15 is 0 Å². The van der Waals surface area contributed by atoms with Crippen LogP contribution < -0.4 is 5.56 Å². The number of fused-ring (bicyclic) bond motifs is 3. The second kappa shape index (κ2) is 6.20. The van der Waals surface area contributed by atoms with Crippen molar-refractivity contribution in [3.63, 3.8) is 0 Å². The number of benzene rings is 1. The van der Waals surface area contributed by atoms with Crippen molar-refractivity contribution in [2.24, 2.45) is 0 Å². The largest absolute Gasteiger partial charge is 0.478 e. The van der Waals surface area contributed by atoms with Crippen LogP contribution in [0.1, 0.15) is 49.4 Å². The molecule has 2 aromatic heterocycles. The number of hydrogen-bond acceptors (Lipinski definition) is 3.